The summed E-state index contributed by atoms with van der Waals surface area (Å²) >= 11 is 0. The maximum absolute atomic E-state index is 12.0. The lowest BCUT2D eigenvalue weighted by Gasteiger charge is -2.27. The van der Waals surface area contributed by atoms with Gasteiger partial charge in [-0.05, 0) is 87.2 Å². The molecule has 0 N–H and O–H groups in total. The van der Waals surface area contributed by atoms with Gasteiger partial charge in [-0.3, -0.25) is 9.59 Å². The van der Waals surface area contributed by atoms with Crippen molar-refractivity contribution in [1.29, 1.82) is 0 Å². The smallest absolute Gasteiger partial charge is 0.308 e. The molecule has 7 rings (SSSR count). The van der Waals surface area contributed by atoms with Gasteiger partial charge in [0.05, 0.1) is 171 Å². The van der Waals surface area contributed by atoms with Crippen LogP contribution in [0.5, 0.6) is 0 Å². The van der Waals surface area contributed by atoms with E-state index in [9.17, 15) is 9.59 Å². The van der Waals surface area contributed by atoms with Gasteiger partial charge in [0.25, 0.3) is 0 Å². The van der Waals surface area contributed by atoms with Crippen LogP contribution in [0.15, 0.2) is 127 Å². The van der Waals surface area contributed by atoms with Crippen molar-refractivity contribution in [2.24, 2.45) is 0 Å². The third kappa shape index (κ3) is 25.6. The van der Waals surface area contributed by atoms with Crippen LogP contribution in [-0.2, 0) is 86.7 Å². The van der Waals surface area contributed by atoms with Crippen LogP contribution >= 0.6 is 0 Å². The molecule has 0 aromatic heterocycles. The van der Waals surface area contributed by atoms with E-state index < -0.39 is 0 Å². The van der Waals surface area contributed by atoms with E-state index in [1.807, 2.05) is 0 Å². The molecule has 1 unspecified atom stereocenters. The van der Waals surface area contributed by atoms with Crippen molar-refractivity contribution in [3.05, 3.63) is 143 Å². The largest absolute Gasteiger partial charge is 0.463 e. The van der Waals surface area contributed by atoms with Crippen LogP contribution in [-0.4, -0.2) is 196 Å². The molecule has 0 bridgehead atoms. The van der Waals surface area contributed by atoms with Crippen LogP contribution in [0.2, 0.25) is 0 Å². The number of ether oxygens (including phenoxy) is 14. The quantitative estimate of drug-likeness (QED) is 0.0232. The summed E-state index contributed by atoms with van der Waals surface area (Å²) in [7, 11) is 0. The third-order valence-electron chi connectivity index (χ3n) is 16.8. The second kappa shape index (κ2) is 43.6. The number of esters is 1. The second-order valence-corrected chi connectivity index (χ2v) is 24.3. The molecule has 93 heavy (non-hydrogen) atoms. The Morgan fingerprint density at radius 2 is 1.00 bits per heavy atom. The van der Waals surface area contributed by atoms with Crippen molar-refractivity contribution in [3.8, 4) is 0 Å². The highest BCUT2D eigenvalue weighted by molar-refractivity contribution is 5.97. The van der Waals surface area contributed by atoms with Gasteiger partial charge in [-0.1, -0.05) is 151 Å². The topological polar surface area (TPSA) is 167 Å². The van der Waals surface area contributed by atoms with Gasteiger partial charge in [-0.15, -0.1) is 0 Å². The SMILES string of the molecule is CCCCCC1=C(C=CC=CC=CC=C2N(CCOCCOCCOCCOCCOCCOCCOCCOCCOCCOCCOCCOCCC(=O)OCC3CCC(=O)CCCO3)c3ccc4ccccc4c3C2(C)C)C(C)(C)c2c1ccc1ccccc21. The van der Waals surface area contributed by atoms with Crippen molar-refractivity contribution in [2.75, 3.05) is 183 Å². The summed E-state index contributed by atoms with van der Waals surface area (Å²) in [5.74, 6) is -0.109. The van der Waals surface area contributed by atoms with Crippen molar-refractivity contribution >= 4 is 44.6 Å². The highest BCUT2D eigenvalue weighted by Crippen LogP contribution is 2.52. The van der Waals surface area contributed by atoms with Crippen LogP contribution in [0.1, 0.15) is 109 Å². The molecular weight excluding hydrogens is 1180 g/mol. The molecule has 1 saturated heterocycles. The molecule has 1 aliphatic carbocycles. The van der Waals surface area contributed by atoms with Gasteiger partial charge >= 0.3 is 5.97 Å². The average molecular weight is 1290 g/mol. The number of carbonyl (C=O) groups is 2. The fourth-order valence-electron chi connectivity index (χ4n) is 12.0. The van der Waals surface area contributed by atoms with Gasteiger partial charge in [0, 0.05) is 48.2 Å². The minimum atomic E-state index is -0.346. The lowest BCUT2D eigenvalue weighted by molar-refractivity contribution is -0.149. The summed E-state index contributed by atoms with van der Waals surface area (Å²) in [5, 5.41) is 5.21. The lowest BCUT2D eigenvalue weighted by Crippen LogP contribution is -2.29. The summed E-state index contributed by atoms with van der Waals surface area (Å²) < 4.78 is 78.6. The molecule has 0 amide bonds. The molecule has 0 saturated carbocycles. The Hall–Kier alpha value is -5.48. The van der Waals surface area contributed by atoms with Crippen LogP contribution < -0.4 is 4.90 Å². The van der Waals surface area contributed by atoms with Gasteiger partial charge in [-0.25, -0.2) is 0 Å². The number of hydrogen-bond donors (Lipinski definition) is 0. The van der Waals surface area contributed by atoms with Gasteiger partial charge in [0.2, 0.25) is 0 Å². The maximum atomic E-state index is 12.0. The van der Waals surface area contributed by atoms with Crippen molar-refractivity contribution in [3.63, 3.8) is 0 Å². The number of nitrogens with zero attached hydrogens (tertiary/aromatic N) is 1. The molecule has 4 aromatic rings. The molecule has 2 heterocycles. The molecule has 17 nitrogen and oxygen atoms in total. The Bertz CT molecular complexity index is 2970. The van der Waals surface area contributed by atoms with E-state index in [1.54, 1.807) is 0 Å². The Labute approximate surface area is 553 Å². The number of anilines is 1. The zero-order valence-electron chi connectivity index (χ0n) is 56.5. The molecule has 3 aliphatic rings. The number of rotatable bonds is 49. The van der Waals surface area contributed by atoms with E-state index in [0.29, 0.717) is 184 Å². The zero-order chi connectivity index (χ0) is 65.5. The Morgan fingerprint density at radius 1 is 0.527 bits per heavy atom. The Balaban J connectivity index is 0.636. The molecule has 0 spiro atoms. The van der Waals surface area contributed by atoms with Crippen molar-refractivity contribution in [2.45, 2.75) is 109 Å². The fraction of sp³-hybridized carbons (Fsp3) is 0.579. The number of carbonyl (C=O) groups excluding carboxylic acids is 2. The monoisotopic (exact) mass is 1290 g/mol. The molecule has 17 heteroatoms. The van der Waals surface area contributed by atoms with Gasteiger partial charge in [-0.2, -0.15) is 0 Å². The number of hydrogen-bond acceptors (Lipinski definition) is 17. The first-order chi connectivity index (χ1) is 45.6. The number of allylic oxidation sites excluding steroid dienone is 10. The first-order valence-corrected chi connectivity index (χ1v) is 34.1. The lowest BCUT2D eigenvalue weighted by atomic mass is 9.79. The maximum Gasteiger partial charge on any atom is 0.308 e. The summed E-state index contributed by atoms with van der Waals surface area (Å²) in [5.41, 5.74) is 9.34. The van der Waals surface area contributed by atoms with Crippen LogP contribution in [0.3, 0.4) is 0 Å². The van der Waals surface area contributed by atoms with Crippen molar-refractivity contribution < 1.29 is 75.9 Å². The molecule has 1 atom stereocenters. The molecule has 0 radical (unpaired) electrons. The van der Waals surface area contributed by atoms with E-state index in [4.69, 9.17) is 66.3 Å². The normalized spacial score (nSPS) is 16.9. The van der Waals surface area contributed by atoms with Gasteiger partial charge in [0.15, 0.2) is 0 Å². The molecule has 512 valence electrons. The molecule has 4 aromatic carbocycles. The number of fused-ring (bicyclic) bond motifs is 6. The van der Waals surface area contributed by atoms with Crippen LogP contribution in [0.4, 0.5) is 5.69 Å². The molecule has 1 fully saturated rings. The van der Waals surface area contributed by atoms with E-state index in [2.05, 4.69) is 155 Å². The fourth-order valence-corrected chi connectivity index (χ4v) is 12.0. The summed E-state index contributed by atoms with van der Waals surface area (Å²) in [4.78, 5) is 26.0. The Morgan fingerprint density at radius 3 is 1.54 bits per heavy atom. The number of Topliss-reactive ketones (excluding diaryl/α,β-unsaturated/α-hetero) is 1. The summed E-state index contributed by atoms with van der Waals surface area (Å²) in [6.45, 7) is 24.2. The first-order valence-electron chi connectivity index (χ1n) is 34.1. The van der Waals surface area contributed by atoms with Gasteiger partial charge < -0.3 is 71.2 Å². The molecule has 2 aliphatic heterocycles. The summed E-state index contributed by atoms with van der Waals surface area (Å²) in [6.07, 6.45) is 22.5. The summed E-state index contributed by atoms with van der Waals surface area (Å²) in [6, 6.07) is 26.7. The highest BCUT2D eigenvalue weighted by atomic mass is 16.6. The standard InChI is InChI=1S/C76H107NO16/c1-6-7-11-24-67-68-31-27-61-19-14-16-22-65(61)73(68)75(2,3)69(67)25-12-9-8-10-13-26-71-76(4,5)74-66-23-17-15-20-62(66)28-32-70(74)77(71)34-37-81-39-41-83-43-45-85-47-49-87-51-53-89-55-57-91-59-58-90-56-54-88-52-50-86-48-46-84-44-42-82-40-38-80-36-33-72(79)93-60-64-30-29-63(78)21-18-35-92-64/h8-10,12-17,19-20,22-23,25-28,31-32,64H,6-7,11,18,21,24,29-30,33-60H2,1-5H3. The molecular formula is C76H107NO16. The van der Waals surface area contributed by atoms with E-state index in [-0.39, 0.29) is 48.3 Å². The number of ketones is 1. The highest BCUT2D eigenvalue weighted by Gasteiger charge is 2.41. The van der Waals surface area contributed by atoms with E-state index >= 15 is 0 Å². The predicted octanol–water partition coefficient (Wildman–Crippen LogP) is 12.6. The van der Waals surface area contributed by atoms with Gasteiger partial charge in [0.1, 0.15) is 12.4 Å². The minimum Gasteiger partial charge on any atom is -0.463 e. The van der Waals surface area contributed by atoms with E-state index in [0.717, 1.165) is 13.0 Å². The first kappa shape index (κ1) is 74.9. The van der Waals surface area contributed by atoms with E-state index in [1.165, 1.54) is 80.0 Å². The second-order valence-electron chi connectivity index (χ2n) is 24.3. The van der Waals surface area contributed by atoms with Crippen LogP contribution in [0, 0.1) is 0 Å². The average Bonchev–Trinajstić information content (AvgIpc) is 1.60. The zero-order valence-corrected chi connectivity index (χ0v) is 56.5. The van der Waals surface area contributed by atoms with Crippen molar-refractivity contribution in [1.82, 2.24) is 0 Å². The van der Waals surface area contributed by atoms with Crippen LogP contribution in [0.25, 0.3) is 27.1 Å². The number of unbranched alkanes of at least 4 members (excludes halogenated alkanes) is 2. The minimum absolute atomic E-state index is 0.0849. The Kier molecular flexibility index (Phi) is 35.1. The predicted molar refractivity (Wildman–Crippen MR) is 366 cm³/mol. The third-order valence-corrected chi connectivity index (χ3v) is 16.8. The number of benzene rings is 4.